The van der Waals surface area contributed by atoms with Crippen molar-refractivity contribution in [1.29, 1.82) is 5.26 Å². The zero-order valence-corrected chi connectivity index (χ0v) is 10.3. The van der Waals surface area contributed by atoms with Crippen LogP contribution in [0.2, 0.25) is 0 Å². The molecule has 2 rings (SSSR count). The summed E-state index contributed by atoms with van der Waals surface area (Å²) >= 11 is 0. The van der Waals surface area contributed by atoms with Gasteiger partial charge in [-0.25, -0.2) is 4.98 Å². The predicted molar refractivity (Wildman–Crippen MR) is 69.8 cm³/mol. The average molecular weight is 225 g/mol. The number of pyridine rings is 1. The van der Waals surface area contributed by atoms with Gasteiger partial charge in [0.1, 0.15) is 11.9 Å². The van der Waals surface area contributed by atoms with E-state index in [-0.39, 0.29) is 5.54 Å². The molecule has 0 radical (unpaired) electrons. The molecule has 0 atom stereocenters. The van der Waals surface area contributed by atoms with E-state index in [4.69, 9.17) is 5.26 Å². The van der Waals surface area contributed by atoms with E-state index in [1.807, 2.05) is 51.1 Å². The van der Waals surface area contributed by atoms with E-state index in [9.17, 15) is 0 Å². The summed E-state index contributed by atoms with van der Waals surface area (Å²) in [5.41, 5.74) is 1.37. The Morgan fingerprint density at radius 1 is 1.24 bits per heavy atom. The number of benzene rings is 1. The summed E-state index contributed by atoms with van der Waals surface area (Å²) in [5, 5.41) is 13.4. The smallest absolute Gasteiger partial charge is 0.145 e. The Morgan fingerprint density at radius 2 is 1.94 bits per heavy atom. The molecule has 1 aromatic carbocycles. The first-order chi connectivity index (χ1) is 7.99. The van der Waals surface area contributed by atoms with Gasteiger partial charge in [0.05, 0.1) is 11.1 Å². The third-order valence-electron chi connectivity index (χ3n) is 2.34. The number of hydrogen-bond acceptors (Lipinski definition) is 3. The molecule has 0 aliphatic carbocycles. The highest BCUT2D eigenvalue weighted by Gasteiger charge is 2.14. The van der Waals surface area contributed by atoms with Crippen molar-refractivity contribution < 1.29 is 0 Å². The minimum atomic E-state index is -0.110. The van der Waals surface area contributed by atoms with E-state index in [0.29, 0.717) is 11.4 Å². The van der Waals surface area contributed by atoms with Crippen LogP contribution in [0.3, 0.4) is 0 Å². The summed E-state index contributed by atoms with van der Waals surface area (Å²) in [4.78, 5) is 4.50. The first-order valence-electron chi connectivity index (χ1n) is 5.58. The number of aromatic nitrogens is 1. The minimum Gasteiger partial charge on any atom is -0.364 e. The zero-order valence-electron chi connectivity index (χ0n) is 10.3. The highest BCUT2D eigenvalue weighted by Crippen LogP contribution is 2.22. The molecular weight excluding hydrogens is 210 g/mol. The van der Waals surface area contributed by atoms with E-state index < -0.39 is 0 Å². The lowest BCUT2D eigenvalue weighted by Crippen LogP contribution is -2.27. The summed E-state index contributed by atoms with van der Waals surface area (Å²) in [6, 6.07) is 11.9. The number of para-hydroxylation sites is 1. The van der Waals surface area contributed by atoms with Crippen molar-refractivity contribution in [2.24, 2.45) is 0 Å². The van der Waals surface area contributed by atoms with Gasteiger partial charge in [-0.3, -0.25) is 0 Å². The lowest BCUT2D eigenvalue weighted by atomic mass is 10.1. The lowest BCUT2D eigenvalue weighted by Gasteiger charge is -2.22. The maximum absolute atomic E-state index is 9.14. The quantitative estimate of drug-likeness (QED) is 0.810. The fourth-order valence-electron chi connectivity index (χ4n) is 1.65. The predicted octanol–water partition coefficient (Wildman–Crippen LogP) is 3.32. The van der Waals surface area contributed by atoms with Crippen molar-refractivity contribution in [2.45, 2.75) is 26.3 Å². The van der Waals surface area contributed by atoms with Crippen LogP contribution in [0.5, 0.6) is 0 Å². The molecule has 17 heavy (non-hydrogen) atoms. The molecule has 0 unspecified atom stereocenters. The summed E-state index contributed by atoms with van der Waals surface area (Å²) in [6.07, 6.45) is 0. The maximum atomic E-state index is 9.14. The van der Waals surface area contributed by atoms with Crippen LogP contribution >= 0.6 is 0 Å². The maximum Gasteiger partial charge on any atom is 0.145 e. The van der Waals surface area contributed by atoms with Crippen molar-refractivity contribution in [3.63, 3.8) is 0 Å². The Bertz CT molecular complexity index is 588. The molecule has 0 spiro atoms. The van der Waals surface area contributed by atoms with Crippen LogP contribution in [0.1, 0.15) is 26.3 Å². The summed E-state index contributed by atoms with van der Waals surface area (Å²) in [7, 11) is 0. The van der Waals surface area contributed by atoms with Crippen LogP contribution < -0.4 is 5.32 Å². The molecule has 86 valence electrons. The van der Waals surface area contributed by atoms with Crippen LogP contribution in [-0.4, -0.2) is 10.5 Å². The first kappa shape index (κ1) is 11.4. The van der Waals surface area contributed by atoms with Crippen LogP contribution in [0.4, 0.5) is 5.82 Å². The van der Waals surface area contributed by atoms with E-state index >= 15 is 0 Å². The number of nitrogens with zero attached hydrogens (tertiary/aromatic N) is 2. The van der Waals surface area contributed by atoms with Gasteiger partial charge in [-0.15, -0.1) is 0 Å². The third kappa shape index (κ3) is 2.54. The van der Waals surface area contributed by atoms with Gasteiger partial charge in [0.2, 0.25) is 0 Å². The van der Waals surface area contributed by atoms with Crippen molar-refractivity contribution in [1.82, 2.24) is 4.98 Å². The fraction of sp³-hybridized carbons (Fsp3) is 0.286. The molecule has 0 bridgehead atoms. The number of nitrogens with one attached hydrogen (secondary N) is 1. The van der Waals surface area contributed by atoms with Gasteiger partial charge in [-0.1, -0.05) is 18.2 Å². The zero-order chi connectivity index (χ0) is 12.5. The van der Waals surface area contributed by atoms with E-state index in [2.05, 4.69) is 16.4 Å². The van der Waals surface area contributed by atoms with Gasteiger partial charge in [0, 0.05) is 10.9 Å². The highest BCUT2D eigenvalue weighted by atomic mass is 15.0. The Morgan fingerprint density at radius 3 is 2.59 bits per heavy atom. The third-order valence-corrected chi connectivity index (χ3v) is 2.34. The minimum absolute atomic E-state index is 0.110. The molecule has 2 aromatic rings. The van der Waals surface area contributed by atoms with E-state index in [1.54, 1.807) is 0 Å². The summed E-state index contributed by atoms with van der Waals surface area (Å²) in [5.74, 6) is 0.652. The fourth-order valence-corrected chi connectivity index (χ4v) is 1.65. The normalized spacial score (nSPS) is 11.2. The molecule has 0 aliphatic rings. The number of anilines is 1. The van der Waals surface area contributed by atoms with Crippen molar-refractivity contribution in [3.05, 3.63) is 35.9 Å². The van der Waals surface area contributed by atoms with Gasteiger partial charge in [-0.2, -0.15) is 5.26 Å². The summed E-state index contributed by atoms with van der Waals surface area (Å²) in [6.45, 7) is 6.14. The topological polar surface area (TPSA) is 48.7 Å². The second kappa shape index (κ2) is 4.06. The van der Waals surface area contributed by atoms with Crippen LogP contribution in [0, 0.1) is 11.3 Å². The Balaban J connectivity index is 2.58. The SMILES string of the molecule is CC(C)(C)Nc1nc2ccccc2cc1C#N. The number of fused-ring (bicyclic) bond motifs is 1. The van der Waals surface area contributed by atoms with Crippen molar-refractivity contribution in [3.8, 4) is 6.07 Å². The molecule has 3 heteroatoms. The highest BCUT2D eigenvalue weighted by molar-refractivity contribution is 5.82. The van der Waals surface area contributed by atoms with Gasteiger partial charge in [-0.05, 0) is 32.9 Å². The number of nitriles is 1. The molecule has 1 N–H and O–H groups in total. The standard InChI is InChI=1S/C14H15N3/c1-14(2,3)17-13-11(9-15)8-10-6-4-5-7-12(10)16-13/h4-8H,1-3H3,(H,16,17). The number of rotatable bonds is 1. The molecule has 0 amide bonds. The second-order valence-electron chi connectivity index (χ2n) is 5.06. The average Bonchev–Trinajstić information content (AvgIpc) is 2.26. The second-order valence-corrected chi connectivity index (χ2v) is 5.06. The van der Waals surface area contributed by atoms with Crippen LogP contribution in [-0.2, 0) is 0 Å². The van der Waals surface area contributed by atoms with E-state index in [1.165, 1.54) is 0 Å². The number of hydrogen-bond donors (Lipinski definition) is 1. The van der Waals surface area contributed by atoms with Gasteiger partial charge in [0.15, 0.2) is 0 Å². The summed E-state index contributed by atoms with van der Waals surface area (Å²) < 4.78 is 0. The van der Waals surface area contributed by atoms with Crippen LogP contribution in [0.15, 0.2) is 30.3 Å². The van der Waals surface area contributed by atoms with Crippen LogP contribution in [0.25, 0.3) is 10.9 Å². The van der Waals surface area contributed by atoms with Crippen molar-refractivity contribution >= 4 is 16.7 Å². The lowest BCUT2D eigenvalue weighted by molar-refractivity contribution is 0.630. The molecule has 1 heterocycles. The monoisotopic (exact) mass is 225 g/mol. The van der Waals surface area contributed by atoms with Crippen molar-refractivity contribution in [2.75, 3.05) is 5.32 Å². The molecule has 0 fully saturated rings. The molecule has 0 saturated heterocycles. The molecule has 0 saturated carbocycles. The van der Waals surface area contributed by atoms with Gasteiger partial charge >= 0.3 is 0 Å². The largest absolute Gasteiger partial charge is 0.364 e. The first-order valence-corrected chi connectivity index (χ1v) is 5.58. The Kier molecular flexibility index (Phi) is 2.72. The molecule has 0 aliphatic heterocycles. The molecule has 3 nitrogen and oxygen atoms in total. The van der Waals surface area contributed by atoms with E-state index in [0.717, 1.165) is 10.9 Å². The molecular formula is C14H15N3. The Labute approximate surface area is 101 Å². The Hall–Kier alpha value is -2.08. The van der Waals surface area contributed by atoms with Gasteiger partial charge < -0.3 is 5.32 Å². The molecule has 1 aromatic heterocycles. The van der Waals surface area contributed by atoms with Gasteiger partial charge in [0.25, 0.3) is 0 Å².